The molecule has 9 nitrogen and oxygen atoms in total. The lowest BCUT2D eigenvalue weighted by Crippen LogP contribution is -2.44. The Balaban J connectivity index is 1.49. The minimum absolute atomic E-state index is 0.0896. The number of hydrogen-bond acceptors (Lipinski definition) is 6. The number of carbonyl (C=O) groups excluding carboxylic acids is 2. The number of rotatable bonds is 6. The van der Waals surface area contributed by atoms with Crippen molar-refractivity contribution < 1.29 is 27.5 Å². The minimum Gasteiger partial charge on any atom is -0.479 e. The average Bonchev–Trinajstić information content (AvgIpc) is 2.82. The Morgan fingerprint density at radius 1 is 1.12 bits per heavy atom. The summed E-state index contributed by atoms with van der Waals surface area (Å²) in [5.74, 6) is 0.0594. The lowest BCUT2D eigenvalue weighted by Gasteiger charge is -2.33. The van der Waals surface area contributed by atoms with Gasteiger partial charge >= 0.3 is 0 Å². The standard InChI is InChI=1S/C23H27N3O6S/c1-3-10-26-20-9-6-18(15-21(20)32-16(2)23(26)28)24-22(27)17-4-7-19(8-5-17)33(29,30)25-11-13-31-14-12-25/h4-9,15-16H,3,10-14H2,1-2H3,(H,24,27). The number of sulfonamides is 1. The van der Waals surface area contributed by atoms with Crippen LogP contribution in [0.2, 0.25) is 0 Å². The number of amides is 2. The molecule has 2 heterocycles. The smallest absolute Gasteiger partial charge is 0.267 e. The highest BCUT2D eigenvalue weighted by molar-refractivity contribution is 7.89. The van der Waals surface area contributed by atoms with Gasteiger partial charge in [-0.1, -0.05) is 6.92 Å². The number of carbonyl (C=O) groups is 2. The van der Waals surface area contributed by atoms with Crippen LogP contribution in [0.3, 0.4) is 0 Å². The van der Waals surface area contributed by atoms with Crippen LogP contribution in [-0.4, -0.2) is 63.5 Å². The first-order valence-electron chi connectivity index (χ1n) is 10.9. The highest BCUT2D eigenvalue weighted by atomic mass is 32.2. The number of hydrogen-bond donors (Lipinski definition) is 1. The number of ether oxygens (including phenoxy) is 2. The molecule has 0 bridgehead atoms. The Bertz CT molecular complexity index is 1140. The molecule has 0 saturated carbocycles. The lowest BCUT2D eigenvalue weighted by atomic mass is 10.1. The van der Waals surface area contributed by atoms with Crippen molar-refractivity contribution in [3.05, 3.63) is 48.0 Å². The summed E-state index contributed by atoms with van der Waals surface area (Å²) >= 11 is 0. The van der Waals surface area contributed by atoms with E-state index in [9.17, 15) is 18.0 Å². The molecule has 2 aliphatic heterocycles. The largest absolute Gasteiger partial charge is 0.479 e. The van der Waals surface area contributed by atoms with Crippen LogP contribution < -0.4 is 15.0 Å². The molecule has 2 aromatic rings. The second-order valence-electron chi connectivity index (χ2n) is 7.93. The summed E-state index contributed by atoms with van der Waals surface area (Å²) in [5, 5.41) is 2.80. The van der Waals surface area contributed by atoms with Crippen LogP contribution in [0.15, 0.2) is 47.4 Å². The molecular formula is C23H27N3O6S. The van der Waals surface area contributed by atoms with Crippen molar-refractivity contribution in [3.8, 4) is 5.75 Å². The maximum atomic E-state index is 12.7. The summed E-state index contributed by atoms with van der Waals surface area (Å²) in [6, 6.07) is 11.0. The van der Waals surface area contributed by atoms with Crippen LogP contribution in [0.5, 0.6) is 5.75 Å². The number of nitrogens with zero attached hydrogens (tertiary/aromatic N) is 2. The van der Waals surface area contributed by atoms with Crippen molar-refractivity contribution in [1.29, 1.82) is 0 Å². The van der Waals surface area contributed by atoms with Gasteiger partial charge < -0.3 is 19.7 Å². The van der Waals surface area contributed by atoms with Gasteiger partial charge in [0.05, 0.1) is 23.8 Å². The van der Waals surface area contributed by atoms with E-state index < -0.39 is 16.1 Å². The van der Waals surface area contributed by atoms with Crippen molar-refractivity contribution in [2.24, 2.45) is 0 Å². The van der Waals surface area contributed by atoms with E-state index in [2.05, 4.69) is 5.32 Å². The van der Waals surface area contributed by atoms with E-state index in [1.54, 1.807) is 30.0 Å². The fourth-order valence-corrected chi connectivity index (χ4v) is 5.27. The Morgan fingerprint density at radius 3 is 2.48 bits per heavy atom. The zero-order valence-corrected chi connectivity index (χ0v) is 19.4. The monoisotopic (exact) mass is 473 g/mol. The number of nitrogens with one attached hydrogen (secondary N) is 1. The van der Waals surface area contributed by atoms with Crippen molar-refractivity contribution in [3.63, 3.8) is 0 Å². The highest BCUT2D eigenvalue weighted by Gasteiger charge is 2.31. The third kappa shape index (κ3) is 4.73. The lowest BCUT2D eigenvalue weighted by molar-refractivity contribution is -0.125. The molecule has 2 aromatic carbocycles. The van der Waals surface area contributed by atoms with Gasteiger partial charge in [0, 0.05) is 37.0 Å². The van der Waals surface area contributed by atoms with Gasteiger partial charge in [-0.05, 0) is 49.7 Å². The SMILES string of the molecule is CCCN1C(=O)C(C)Oc2cc(NC(=O)c3ccc(S(=O)(=O)N4CCOCC4)cc3)ccc21. The molecule has 1 atom stereocenters. The van der Waals surface area contributed by atoms with Crippen LogP contribution >= 0.6 is 0 Å². The summed E-state index contributed by atoms with van der Waals surface area (Å²) in [6.45, 7) is 5.65. The molecule has 33 heavy (non-hydrogen) atoms. The topological polar surface area (TPSA) is 105 Å². The molecule has 0 radical (unpaired) electrons. The van der Waals surface area contributed by atoms with Crippen LogP contribution in [-0.2, 0) is 19.6 Å². The van der Waals surface area contributed by atoms with E-state index in [1.807, 2.05) is 6.92 Å². The predicted molar refractivity (Wildman–Crippen MR) is 123 cm³/mol. The van der Waals surface area contributed by atoms with Crippen molar-refractivity contribution in [2.45, 2.75) is 31.3 Å². The third-order valence-electron chi connectivity index (χ3n) is 5.60. The van der Waals surface area contributed by atoms with Crippen LogP contribution in [0.4, 0.5) is 11.4 Å². The summed E-state index contributed by atoms with van der Waals surface area (Å²) in [5.41, 5.74) is 1.52. The second kappa shape index (κ2) is 9.50. The summed E-state index contributed by atoms with van der Waals surface area (Å²) in [4.78, 5) is 27.0. The first-order valence-corrected chi connectivity index (χ1v) is 12.4. The Kier molecular flexibility index (Phi) is 6.68. The predicted octanol–water partition coefficient (Wildman–Crippen LogP) is 2.48. The molecule has 1 fully saturated rings. The van der Waals surface area contributed by atoms with Gasteiger partial charge in [0.1, 0.15) is 5.75 Å². The van der Waals surface area contributed by atoms with Crippen LogP contribution in [0.25, 0.3) is 0 Å². The maximum absolute atomic E-state index is 12.7. The molecule has 1 unspecified atom stereocenters. The molecule has 2 aliphatic rings. The molecule has 0 aromatic heterocycles. The number of anilines is 2. The zero-order valence-electron chi connectivity index (χ0n) is 18.6. The molecule has 1 N–H and O–H groups in total. The fourth-order valence-electron chi connectivity index (χ4n) is 3.86. The molecule has 0 aliphatic carbocycles. The van der Waals surface area contributed by atoms with Gasteiger partial charge in [-0.25, -0.2) is 8.42 Å². The van der Waals surface area contributed by atoms with E-state index in [-0.39, 0.29) is 16.7 Å². The van der Waals surface area contributed by atoms with Crippen LogP contribution in [0, 0.1) is 0 Å². The Labute approximate surface area is 193 Å². The van der Waals surface area contributed by atoms with Gasteiger partial charge in [-0.3, -0.25) is 9.59 Å². The van der Waals surface area contributed by atoms with E-state index >= 15 is 0 Å². The number of fused-ring (bicyclic) bond motifs is 1. The van der Waals surface area contributed by atoms with Gasteiger partial charge in [0.25, 0.3) is 11.8 Å². The summed E-state index contributed by atoms with van der Waals surface area (Å²) in [6.07, 6.45) is 0.212. The van der Waals surface area contributed by atoms with Crippen molar-refractivity contribution in [2.75, 3.05) is 43.1 Å². The summed E-state index contributed by atoms with van der Waals surface area (Å²) in [7, 11) is -3.62. The van der Waals surface area contributed by atoms with Crippen molar-refractivity contribution in [1.82, 2.24) is 4.31 Å². The molecule has 10 heteroatoms. The highest BCUT2D eigenvalue weighted by Crippen LogP contribution is 2.36. The Morgan fingerprint density at radius 2 is 1.82 bits per heavy atom. The minimum atomic E-state index is -3.62. The molecular weight excluding hydrogens is 446 g/mol. The molecule has 176 valence electrons. The van der Waals surface area contributed by atoms with E-state index in [1.165, 1.54) is 28.6 Å². The third-order valence-corrected chi connectivity index (χ3v) is 7.51. The molecule has 0 spiro atoms. The molecule has 1 saturated heterocycles. The Hall–Kier alpha value is -2.95. The fraction of sp³-hybridized carbons (Fsp3) is 0.391. The number of benzene rings is 2. The average molecular weight is 474 g/mol. The first kappa shape index (κ1) is 23.2. The summed E-state index contributed by atoms with van der Waals surface area (Å²) < 4.78 is 37.8. The van der Waals surface area contributed by atoms with Crippen LogP contribution in [0.1, 0.15) is 30.6 Å². The van der Waals surface area contributed by atoms with Crippen molar-refractivity contribution >= 4 is 33.2 Å². The van der Waals surface area contributed by atoms with Gasteiger partial charge in [-0.2, -0.15) is 4.31 Å². The normalized spacial score (nSPS) is 19.0. The van der Waals surface area contributed by atoms with Gasteiger partial charge in [0.2, 0.25) is 10.0 Å². The zero-order chi connectivity index (χ0) is 23.6. The van der Waals surface area contributed by atoms with E-state index in [0.29, 0.717) is 55.5 Å². The maximum Gasteiger partial charge on any atom is 0.267 e. The molecule has 2 amide bonds. The van der Waals surface area contributed by atoms with Gasteiger partial charge in [-0.15, -0.1) is 0 Å². The number of morpholine rings is 1. The molecule has 4 rings (SSSR count). The quantitative estimate of drug-likeness (QED) is 0.691. The van der Waals surface area contributed by atoms with E-state index in [4.69, 9.17) is 9.47 Å². The first-order chi connectivity index (χ1) is 15.8. The van der Waals surface area contributed by atoms with Gasteiger partial charge in [0.15, 0.2) is 6.10 Å². The second-order valence-corrected chi connectivity index (χ2v) is 9.87. The van der Waals surface area contributed by atoms with E-state index in [0.717, 1.165) is 6.42 Å².